The van der Waals surface area contributed by atoms with Crippen molar-refractivity contribution in [3.63, 3.8) is 0 Å². The van der Waals surface area contributed by atoms with Crippen molar-refractivity contribution in [2.24, 2.45) is 0 Å². The van der Waals surface area contributed by atoms with E-state index in [1.54, 1.807) is 18.2 Å². The Kier molecular flexibility index (Phi) is 9.66. The number of halogens is 3. The van der Waals surface area contributed by atoms with Gasteiger partial charge in [-0.25, -0.2) is 0 Å². The topological polar surface area (TPSA) is 61.4 Å². The zero-order chi connectivity index (χ0) is 24.7. The lowest BCUT2D eigenvalue weighted by Crippen LogP contribution is -2.52. The summed E-state index contributed by atoms with van der Waals surface area (Å²) in [6, 6.07) is 13.3. The Morgan fingerprint density at radius 3 is 2.15 bits per heavy atom. The normalized spacial score (nSPS) is 20.2. The molecule has 0 heterocycles. The molecule has 1 aliphatic carbocycles. The molecule has 0 radical (unpaired) electrons. The zero-order valence-corrected chi connectivity index (χ0v) is 21.9. The molecule has 0 aliphatic heterocycles. The van der Waals surface area contributed by atoms with Crippen LogP contribution in [-0.2, 0) is 22.6 Å². The van der Waals surface area contributed by atoms with Crippen LogP contribution < -0.4 is 10.6 Å². The first-order chi connectivity index (χ1) is 16.1. The van der Waals surface area contributed by atoms with Crippen molar-refractivity contribution in [2.45, 2.75) is 63.1 Å². The number of likely N-dealkylation sites (N-methyl/N-ethyl adjacent to an activating group) is 1. The molecular weight excluding hydrogens is 493 g/mol. The van der Waals surface area contributed by atoms with Gasteiger partial charge in [0.05, 0.1) is 0 Å². The molecule has 8 heteroatoms. The SMILES string of the molecule is CN(C)C1(Cc2cccc(Cl)c2)CCC(NC(=O)CCC(=O)NCc2cc(Cl)cc(Cl)c2)CC1. The monoisotopic (exact) mass is 523 g/mol. The number of hydrogen-bond donors (Lipinski definition) is 2. The number of nitrogens with one attached hydrogen (secondary N) is 2. The third-order valence-corrected chi connectivity index (χ3v) is 7.31. The standard InChI is InChI=1S/C26H32Cl3N3O2/c1-32(2)26(16-18-4-3-5-20(27)12-18)10-8-23(9-11-26)31-25(34)7-6-24(33)30-17-19-13-21(28)15-22(29)14-19/h3-5,12-15,23H,6-11,16-17H2,1-2H3,(H,30,33)(H,31,34). The fourth-order valence-electron chi connectivity index (χ4n) is 4.64. The highest BCUT2D eigenvalue weighted by Gasteiger charge is 2.37. The first-order valence-electron chi connectivity index (χ1n) is 11.6. The minimum atomic E-state index is -0.178. The molecule has 0 saturated heterocycles. The van der Waals surface area contributed by atoms with Crippen LogP contribution in [0.25, 0.3) is 0 Å². The molecule has 0 bridgehead atoms. The molecule has 0 atom stereocenters. The maximum atomic E-state index is 12.5. The summed E-state index contributed by atoms with van der Waals surface area (Å²) in [7, 11) is 4.25. The van der Waals surface area contributed by atoms with Crippen molar-refractivity contribution in [3.05, 3.63) is 68.7 Å². The zero-order valence-electron chi connectivity index (χ0n) is 19.7. The summed E-state index contributed by atoms with van der Waals surface area (Å²) in [5.74, 6) is -0.263. The van der Waals surface area contributed by atoms with Gasteiger partial charge in [0.2, 0.25) is 11.8 Å². The fourth-order valence-corrected chi connectivity index (χ4v) is 5.42. The van der Waals surface area contributed by atoms with Gasteiger partial charge >= 0.3 is 0 Å². The average molecular weight is 525 g/mol. The van der Waals surface area contributed by atoms with Crippen molar-refractivity contribution in [3.8, 4) is 0 Å². The van der Waals surface area contributed by atoms with E-state index < -0.39 is 0 Å². The summed E-state index contributed by atoms with van der Waals surface area (Å²) < 4.78 is 0. The van der Waals surface area contributed by atoms with Gasteiger partial charge in [0.15, 0.2) is 0 Å². The quantitative estimate of drug-likeness (QED) is 0.446. The molecule has 2 amide bonds. The number of benzene rings is 2. The number of carbonyl (C=O) groups is 2. The van der Waals surface area contributed by atoms with Crippen LogP contribution >= 0.6 is 34.8 Å². The van der Waals surface area contributed by atoms with Crippen LogP contribution in [0.5, 0.6) is 0 Å². The number of hydrogen-bond acceptors (Lipinski definition) is 3. The molecule has 1 aliphatic rings. The maximum Gasteiger partial charge on any atom is 0.220 e. The van der Waals surface area contributed by atoms with E-state index >= 15 is 0 Å². The van der Waals surface area contributed by atoms with Crippen LogP contribution in [0, 0.1) is 0 Å². The molecule has 2 aromatic rings. The average Bonchev–Trinajstić information content (AvgIpc) is 2.77. The molecule has 0 unspecified atom stereocenters. The highest BCUT2D eigenvalue weighted by Crippen LogP contribution is 2.36. The van der Waals surface area contributed by atoms with Crippen LogP contribution in [0.15, 0.2) is 42.5 Å². The Morgan fingerprint density at radius 1 is 0.912 bits per heavy atom. The summed E-state index contributed by atoms with van der Waals surface area (Å²) in [6.45, 7) is 0.322. The Hall–Kier alpha value is -1.79. The molecule has 5 nitrogen and oxygen atoms in total. The van der Waals surface area contributed by atoms with Crippen LogP contribution in [0.3, 0.4) is 0 Å². The molecular formula is C26H32Cl3N3O2. The Morgan fingerprint density at radius 2 is 1.53 bits per heavy atom. The van der Waals surface area contributed by atoms with Crippen LogP contribution in [0.1, 0.15) is 49.7 Å². The second kappa shape index (κ2) is 12.3. The van der Waals surface area contributed by atoms with Gasteiger partial charge in [0.1, 0.15) is 0 Å². The number of amides is 2. The second-order valence-electron chi connectivity index (χ2n) is 9.32. The second-order valence-corrected chi connectivity index (χ2v) is 10.6. The van der Waals surface area contributed by atoms with Gasteiger partial charge in [-0.15, -0.1) is 0 Å². The lowest BCUT2D eigenvalue weighted by atomic mass is 9.75. The largest absolute Gasteiger partial charge is 0.353 e. The van der Waals surface area contributed by atoms with Gasteiger partial charge in [0, 0.05) is 46.0 Å². The van der Waals surface area contributed by atoms with Gasteiger partial charge < -0.3 is 15.5 Å². The van der Waals surface area contributed by atoms with Gasteiger partial charge in [-0.3, -0.25) is 9.59 Å². The number of carbonyl (C=O) groups excluding carboxylic acids is 2. The first kappa shape index (κ1) is 26.8. The first-order valence-corrected chi connectivity index (χ1v) is 12.7. The minimum Gasteiger partial charge on any atom is -0.353 e. The summed E-state index contributed by atoms with van der Waals surface area (Å²) in [4.78, 5) is 26.9. The van der Waals surface area contributed by atoms with Gasteiger partial charge in [-0.1, -0.05) is 46.9 Å². The van der Waals surface area contributed by atoms with Crippen molar-refractivity contribution < 1.29 is 9.59 Å². The third kappa shape index (κ3) is 7.88. The van der Waals surface area contributed by atoms with E-state index in [4.69, 9.17) is 34.8 Å². The van der Waals surface area contributed by atoms with Crippen molar-refractivity contribution in [2.75, 3.05) is 14.1 Å². The Labute approximate surface area is 217 Å². The third-order valence-electron chi connectivity index (χ3n) is 6.64. The molecule has 3 rings (SSSR count). The van der Waals surface area contributed by atoms with E-state index in [0.29, 0.717) is 16.6 Å². The predicted octanol–water partition coefficient (Wildman–Crippen LogP) is 5.65. The van der Waals surface area contributed by atoms with Crippen molar-refractivity contribution in [1.29, 1.82) is 0 Å². The molecule has 2 aromatic carbocycles. The Balaban J connectivity index is 1.42. The van der Waals surface area contributed by atoms with E-state index in [1.165, 1.54) is 5.56 Å². The van der Waals surface area contributed by atoms with E-state index in [9.17, 15) is 9.59 Å². The molecule has 184 valence electrons. The summed E-state index contributed by atoms with van der Waals surface area (Å²) in [5, 5.41) is 7.73. The summed E-state index contributed by atoms with van der Waals surface area (Å²) in [6.07, 6.45) is 5.03. The smallest absolute Gasteiger partial charge is 0.220 e. The van der Waals surface area contributed by atoms with Crippen LogP contribution in [0.4, 0.5) is 0 Å². The van der Waals surface area contributed by atoms with Crippen molar-refractivity contribution >= 4 is 46.6 Å². The van der Waals surface area contributed by atoms with E-state index in [-0.39, 0.29) is 36.2 Å². The van der Waals surface area contributed by atoms with Crippen molar-refractivity contribution in [1.82, 2.24) is 15.5 Å². The lowest BCUT2D eigenvalue weighted by molar-refractivity contribution is -0.127. The highest BCUT2D eigenvalue weighted by molar-refractivity contribution is 6.34. The summed E-state index contributed by atoms with van der Waals surface area (Å²) in [5.41, 5.74) is 2.10. The highest BCUT2D eigenvalue weighted by atomic mass is 35.5. The van der Waals surface area contributed by atoms with E-state index in [2.05, 4.69) is 35.7 Å². The van der Waals surface area contributed by atoms with Gasteiger partial charge in [-0.2, -0.15) is 0 Å². The van der Waals surface area contributed by atoms with E-state index in [0.717, 1.165) is 42.7 Å². The Bertz CT molecular complexity index is 984. The van der Waals surface area contributed by atoms with Crippen LogP contribution in [-0.4, -0.2) is 42.4 Å². The van der Waals surface area contributed by atoms with E-state index in [1.807, 2.05) is 18.2 Å². The molecule has 1 fully saturated rings. The molecule has 34 heavy (non-hydrogen) atoms. The maximum absolute atomic E-state index is 12.5. The molecule has 0 spiro atoms. The predicted molar refractivity (Wildman–Crippen MR) is 140 cm³/mol. The number of rotatable bonds is 9. The minimum absolute atomic E-state index is 0.0506. The molecule has 1 saturated carbocycles. The lowest BCUT2D eigenvalue weighted by Gasteiger charge is -2.45. The number of nitrogens with zero attached hydrogens (tertiary/aromatic N) is 1. The fraction of sp³-hybridized carbons (Fsp3) is 0.462. The summed E-state index contributed by atoms with van der Waals surface area (Å²) >= 11 is 18.2. The van der Waals surface area contributed by atoms with Crippen LogP contribution in [0.2, 0.25) is 15.1 Å². The molecule has 0 aromatic heterocycles. The molecule has 2 N–H and O–H groups in total. The van der Waals surface area contributed by atoms with Gasteiger partial charge in [0.25, 0.3) is 0 Å². The van der Waals surface area contributed by atoms with Gasteiger partial charge in [-0.05, 0) is 87.7 Å².